The number of ether oxygens (including phenoxy) is 1. The summed E-state index contributed by atoms with van der Waals surface area (Å²) in [4.78, 5) is 37.5. The van der Waals surface area contributed by atoms with Gasteiger partial charge in [-0.15, -0.1) is 0 Å². The van der Waals surface area contributed by atoms with E-state index in [0.29, 0.717) is 40.6 Å². The first-order chi connectivity index (χ1) is 14.8. The third-order valence-corrected chi connectivity index (χ3v) is 4.94. The van der Waals surface area contributed by atoms with E-state index in [1.807, 2.05) is 5.32 Å². The summed E-state index contributed by atoms with van der Waals surface area (Å²) in [5.74, 6) is -5.78. The van der Waals surface area contributed by atoms with Crippen molar-refractivity contribution in [3.05, 3.63) is 77.0 Å². The van der Waals surface area contributed by atoms with Gasteiger partial charge in [-0.2, -0.15) is 0 Å². The Morgan fingerprint density at radius 1 is 1.10 bits per heavy atom. The molecule has 3 amide bonds. The SMILES string of the molecule is C=CCOc1ccc(/C=C2/SC(=O)N(CC(=O)Nc3ccc(F)c(F)c3F)C2=O)cc1. The average molecular weight is 448 g/mol. The zero-order valence-corrected chi connectivity index (χ0v) is 16.7. The van der Waals surface area contributed by atoms with Gasteiger partial charge in [-0.3, -0.25) is 19.3 Å². The Morgan fingerprint density at radius 2 is 1.81 bits per heavy atom. The number of rotatable bonds is 7. The molecule has 0 aliphatic carbocycles. The maximum absolute atomic E-state index is 13.7. The fraction of sp³-hybridized carbons (Fsp3) is 0.0952. The molecule has 0 atom stereocenters. The molecule has 1 aliphatic rings. The van der Waals surface area contributed by atoms with Crippen LogP contribution in [0.2, 0.25) is 0 Å². The van der Waals surface area contributed by atoms with E-state index in [0.717, 1.165) is 6.07 Å². The summed E-state index contributed by atoms with van der Waals surface area (Å²) < 4.78 is 45.3. The van der Waals surface area contributed by atoms with Crippen LogP contribution in [0.5, 0.6) is 5.75 Å². The van der Waals surface area contributed by atoms with Crippen LogP contribution < -0.4 is 10.1 Å². The van der Waals surface area contributed by atoms with E-state index in [2.05, 4.69) is 6.58 Å². The molecule has 1 N–H and O–H groups in total. The lowest BCUT2D eigenvalue weighted by Crippen LogP contribution is -2.36. The average Bonchev–Trinajstić information content (AvgIpc) is 3.01. The minimum Gasteiger partial charge on any atom is -0.490 e. The molecular weight excluding hydrogens is 433 g/mol. The lowest BCUT2D eigenvalue weighted by atomic mass is 10.2. The van der Waals surface area contributed by atoms with Crippen LogP contribution in [-0.4, -0.2) is 35.1 Å². The predicted molar refractivity (Wildman–Crippen MR) is 110 cm³/mol. The second-order valence-corrected chi connectivity index (χ2v) is 7.20. The van der Waals surface area contributed by atoms with Crippen molar-refractivity contribution in [1.29, 1.82) is 0 Å². The van der Waals surface area contributed by atoms with E-state index in [9.17, 15) is 27.6 Å². The van der Waals surface area contributed by atoms with Crippen LogP contribution in [0.1, 0.15) is 5.56 Å². The van der Waals surface area contributed by atoms with Crippen molar-refractivity contribution >= 4 is 40.6 Å². The molecular formula is C21H15F3N2O4S. The van der Waals surface area contributed by atoms with Crippen molar-refractivity contribution in [1.82, 2.24) is 4.90 Å². The number of nitrogens with zero attached hydrogens (tertiary/aromatic N) is 1. The van der Waals surface area contributed by atoms with Crippen molar-refractivity contribution < 1.29 is 32.3 Å². The van der Waals surface area contributed by atoms with E-state index in [4.69, 9.17) is 4.74 Å². The number of carbonyl (C=O) groups is 3. The molecule has 1 heterocycles. The molecule has 0 radical (unpaired) electrons. The normalized spacial score (nSPS) is 14.8. The third-order valence-electron chi connectivity index (χ3n) is 4.03. The second-order valence-electron chi connectivity index (χ2n) is 6.21. The lowest BCUT2D eigenvalue weighted by Gasteiger charge is -2.13. The molecule has 2 aromatic carbocycles. The molecule has 0 aromatic heterocycles. The summed E-state index contributed by atoms with van der Waals surface area (Å²) in [6.07, 6.45) is 3.08. The Hall–Kier alpha value is -3.53. The summed E-state index contributed by atoms with van der Waals surface area (Å²) in [5, 5.41) is 1.33. The van der Waals surface area contributed by atoms with Crippen LogP contribution in [0.4, 0.5) is 23.7 Å². The van der Waals surface area contributed by atoms with Crippen molar-refractivity contribution in [2.75, 3.05) is 18.5 Å². The minimum absolute atomic E-state index is 0.0940. The summed E-state index contributed by atoms with van der Waals surface area (Å²) >= 11 is 0.641. The van der Waals surface area contributed by atoms with Gasteiger partial charge in [-0.05, 0) is 47.7 Å². The highest BCUT2D eigenvalue weighted by atomic mass is 32.2. The quantitative estimate of drug-likeness (QED) is 0.387. The maximum Gasteiger partial charge on any atom is 0.294 e. The van der Waals surface area contributed by atoms with Gasteiger partial charge in [0.2, 0.25) is 5.91 Å². The maximum atomic E-state index is 13.7. The zero-order valence-electron chi connectivity index (χ0n) is 15.9. The number of carbonyl (C=O) groups excluding carboxylic acids is 3. The second kappa shape index (κ2) is 9.52. The fourth-order valence-electron chi connectivity index (χ4n) is 2.56. The highest BCUT2D eigenvalue weighted by Crippen LogP contribution is 2.32. The van der Waals surface area contributed by atoms with Gasteiger partial charge in [-0.1, -0.05) is 24.8 Å². The standard InChI is InChI=1S/C21H15F3N2O4S/c1-2-9-30-13-5-3-12(4-6-13)10-16-20(28)26(21(29)31-16)11-17(27)25-15-8-7-14(22)18(23)19(15)24/h2-8,10H,1,9,11H2,(H,25,27)/b16-10+. The molecule has 0 unspecified atom stereocenters. The summed E-state index contributed by atoms with van der Waals surface area (Å²) in [5.41, 5.74) is 0.0231. The van der Waals surface area contributed by atoms with Gasteiger partial charge in [0.25, 0.3) is 11.1 Å². The topological polar surface area (TPSA) is 75.7 Å². The molecule has 10 heteroatoms. The first-order valence-electron chi connectivity index (χ1n) is 8.82. The van der Waals surface area contributed by atoms with Gasteiger partial charge in [0.15, 0.2) is 17.5 Å². The number of amides is 3. The van der Waals surface area contributed by atoms with Gasteiger partial charge in [0.05, 0.1) is 10.6 Å². The number of imide groups is 1. The summed E-state index contributed by atoms with van der Waals surface area (Å²) in [6, 6.07) is 8.22. The molecule has 0 spiro atoms. The predicted octanol–water partition coefficient (Wildman–Crippen LogP) is 4.34. The first-order valence-corrected chi connectivity index (χ1v) is 9.64. The third kappa shape index (κ3) is 5.15. The number of hydrogen-bond acceptors (Lipinski definition) is 5. The minimum atomic E-state index is -1.74. The lowest BCUT2D eigenvalue weighted by molar-refractivity contribution is -0.127. The number of benzene rings is 2. The Bertz CT molecular complexity index is 1090. The van der Waals surface area contributed by atoms with E-state index in [1.165, 1.54) is 6.08 Å². The van der Waals surface area contributed by atoms with Crippen molar-refractivity contribution in [2.24, 2.45) is 0 Å². The number of hydrogen-bond donors (Lipinski definition) is 1. The molecule has 3 rings (SSSR count). The van der Waals surface area contributed by atoms with Crippen molar-refractivity contribution in [3.63, 3.8) is 0 Å². The van der Waals surface area contributed by atoms with Crippen LogP contribution in [0.3, 0.4) is 0 Å². The number of thioether (sulfide) groups is 1. The number of anilines is 1. The van der Waals surface area contributed by atoms with Gasteiger partial charge in [-0.25, -0.2) is 13.2 Å². The van der Waals surface area contributed by atoms with Crippen LogP contribution in [0.15, 0.2) is 54.0 Å². The molecule has 31 heavy (non-hydrogen) atoms. The summed E-state index contributed by atoms with van der Waals surface area (Å²) in [7, 11) is 0. The highest BCUT2D eigenvalue weighted by molar-refractivity contribution is 8.18. The van der Waals surface area contributed by atoms with Crippen LogP contribution in [-0.2, 0) is 9.59 Å². The van der Waals surface area contributed by atoms with Crippen molar-refractivity contribution in [2.45, 2.75) is 0 Å². The Labute approximate surface area is 179 Å². The van der Waals surface area contributed by atoms with Crippen LogP contribution in [0, 0.1) is 17.5 Å². The smallest absolute Gasteiger partial charge is 0.294 e. The van der Waals surface area contributed by atoms with Crippen LogP contribution >= 0.6 is 11.8 Å². The van der Waals surface area contributed by atoms with Gasteiger partial charge >= 0.3 is 0 Å². The molecule has 0 saturated carbocycles. The molecule has 160 valence electrons. The van der Waals surface area contributed by atoms with Gasteiger partial charge in [0.1, 0.15) is 18.9 Å². The zero-order chi connectivity index (χ0) is 22.5. The number of halogens is 3. The molecule has 6 nitrogen and oxygen atoms in total. The summed E-state index contributed by atoms with van der Waals surface area (Å²) in [6.45, 7) is 3.18. The first kappa shape index (κ1) is 22.2. The van der Waals surface area contributed by atoms with Crippen LogP contribution in [0.25, 0.3) is 6.08 Å². The fourth-order valence-corrected chi connectivity index (χ4v) is 3.40. The molecule has 0 bridgehead atoms. The monoisotopic (exact) mass is 448 g/mol. The van der Waals surface area contributed by atoms with E-state index < -0.39 is 46.7 Å². The Kier molecular flexibility index (Phi) is 6.81. The van der Waals surface area contributed by atoms with E-state index in [-0.39, 0.29) is 4.91 Å². The van der Waals surface area contributed by atoms with E-state index >= 15 is 0 Å². The molecule has 1 aliphatic heterocycles. The Morgan fingerprint density at radius 3 is 2.48 bits per heavy atom. The van der Waals surface area contributed by atoms with Gasteiger partial charge in [0, 0.05) is 0 Å². The molecule has 2 aromatic rings. The van der Waals surface area contributed by atoms with Crippen molar-refractivity contribution in [3.8, 4) is 5.75 Å². The molecule has 1 fully saturated rings. The number of nitrogens with one attached hydrogen (secondary N) is 1. The Balaban J connectivity index is 1.67. The highest BCUT2D eigenvalue weighted by Gasteiger charge is 2.36. The van der Waals surface area contributed by atoms with Gasteiger partial charge < -0.3 is 10.1 Å². The largest absolute Gasteiger partial charge is 0.490 e. The van der Waals surface area contributed by atoms with E-state index in [1.54, 1.807) is 30.3 Å². The molecule has 1 saturated heterocycles.